The van der Waals surface area contributed by atoms with Crippen molar-refractivity contribution < 1.29 is 9.53 Å². The van der Waals surface area contributed by atoms with Gasteiger partial charge in [0, 0.05) is 6.42 Å². The van der Waals surface area contributed by atoms with Gasteiger partial charge in [0.05, 0.1) is 7.11 Å². The van der Waals surface area contributed by atoms with Crippen LogP contribution in [0.4, 0.5) is 0 Å². The molecule has 0 N–H and O–H groups in total. The van der Waals surface area contributed by atoms with Crippen LogP contribution in [-0.4, -0.2) is 13.1 Å². The molecule has 1 rings (SSSR count). The molecule has 74 valence electrons. The molecule has 2 nitrogen and oxygen atoms in total. The first-order chi connectivity index (χ1) is 6.16. The highest BCUT2D eigenvalue weighted by Crippen LogP contribution is 2.34. The van der Waals surface area contributed by atoms with Gasteiger partial charge in [-0.25, -0.2) is 0 Å². The second-order valence-corrected chi connectivity index (χ2v) is 4.02. The van der Waals surface area contributed by atoms with Crippen molar-refractivity contribution in [3.63, 3.8) is 0 Å². The molecular formula is C11H18O2. The van der Waals surface area contributed by atoms with Gasteiger partial charge in [-0.15, -0.1) is 0 Å². The number of hydrogen-bond donors (Lipinski definition) is 0. The monoisotopic (exact) mass is 182 g/mol. The summed E-state index contributed by atoms with van der Waals surface area (Å²) in [6.07, 6.45) is 9.55. The van der Waals surface area contributed by atoms with Crippen molar-refractivity contribution in [2.24, 2.45) is 5.41 Å². The Morgan fingerprint density at radius 3 is 2.92 bits per heavy atom. The molecule has 0 aromatic rings. The fourth-order valence-corrected chi connectivity index (χ4v) is 1.77. The van der Waals surface area contributed by atoms with Crippen LogP contribution in [0.3, 0.4) is 0 Å². The van der Waals surface area contributed by atoms with Crippen molar-refractivity contribution in [3.8, 4) is 0 Å². The van der Waals surface area contributed by atoms with E-state index in [1.165, 1.54) is 26.4 Å². The van der Waals surface area contributed by atoms with Crippen LogP contribution in [0.15, 0.2) is 12.2 Å². The molecule has 1 aliphatic carbocycles. The molecule has 13 heavy (non-hydrogen) atoms. The van der Waals surface area contributed by atoms with Crippen LogP contribution in [0.1, 0.15) is 39.0 Å². The van der Waals surface area contributed by atoms with E-state index >= 15 is 0 Å². The maximum atomic E-state index is 11.0. The van der Waals surface area contributed by atoms with E-state index in [1.807, 2.05) is 0 Å². The van der Waals surface area contributed by atoms with Crippen LogP contribution >= 0.6 is 0 Å². The summed E-state index contributed by atoms with van der Waals surface area (Å²) in [6, 6.07) is 0. The van der Waals surface area contributed by atoms with Gasteiger partial charge in [0.1, 0.15) is 0 Å². The molecule has 0 saturated heterocycles. The lowest BCUT2D eigenvalue weighted by atomic mass is 9.77. The number of ether oxygens (including phenoxy) is 1. The molecule has 0 unspecified atom stereocenters. The highest BCUT2D eigenvalue weighted by molar-refractivity contribution is 5.69. The van der Waals surface area contributed by atoms with Crippen molar-refractivity contribution in [1.29, 1.82) is 0 Å². The first kappa shape index (κ1) is 10.3. The number of hydrogen-bond acceptors (Lipinski definition) is 2. The second-order valence-electron chi connectivity index (χ2n) is 4.02. The molecule has 0 aromatic heterocycles. The summed E-state index contributed by atoms with van der Waals surface area (Å²) >= 11 is 0. The van der Waals surface area contributed by atoms with Gasteiger partial charge in [-0.1, -0.05) is 19.1 Å². The molecule has 0 fully saturated rings. The molecule has 0 amide bonds. The number of esters is 1. The van der Waals surface area contributed by atoms with E-state index in [1.54, 1.807) is 0 Å². The minimum absolute atomic E-state index is 0.0970. The molecule has 0 radical (unpaired) electrons. The van der Waals surface area contributed by atoms with E-state index in [2.05, 4.69) is 23.8 Å². The smallest absolute Gasteiger partial charge is 0.305 e. The Kier molecular flexibility index (Phi) is 3.52. The third kappa shape index (κ3) is 3.21. The Morgan fingerprint density at radius 1 is 1.62 bits per heavy atom. The van der Waals surface area contributed by atoms with Gasteiger partial charge in [-0.3, -0.25) is 4.79 Å². The van der Waals surface area contributed by atoms with Crippen molar-refractivity contribution >= 4 is 5.97 Å². The van der Waals surface area contributed by atoms with Crippen LogP contribution < -0.4 is 0 Å². The first-order valence-electron chi connectivity index (χ1n) is 4.91. The molecule has 0 spiro atoms. The zero-order valence-electron chi connectivity index (χ0n) is 8.51. The fraction of sp³-hybridized carbons (Fsp3) is 0.727. The van der Waals surface area contributed by atoms with Gasteiger partial charge < -0.3 is 4.74 Å². The average Bonchev–Trinajstić information content (AvgIpc) is 2.15. The fourth-order valence-electron chi connectivity index (χ4n) is 1.77. The summed E-state index contributed by atoms with van der Waals surface area (Å²) in [4.78, 5) is 11.0. The van der Waals surface area contributed by atoms with Crippen LogP contribution in [0.25, 0.3) is 0 Å². The first-order valence-corrected chi connectivity index (χ1v) is 4.91. The van der Waals surface area contributed by atoms with Gasteiger partial charge in [0.2, 0.25) is 0 Å². The van der Waals surface area contributed by atoms with E-state index in [9.17, 15) is 4.79 Å². The van der Waals surface area contributed by atoms with Gasteiger partial charge in [0.25, 0.3) is 0 Å². The highest BCUT2D eigenvalue weighted by atomic mass is 16.5. The van der Waals surface area contributed by atoms with Gasteiger partial charge in [-0.05, 0) is 31.1 Å². The molecule has 1 aliphatic rings. The summed E-state index contributed by atoms with van der Waals surface area (Å²) < 4.78 is 4.62. The SMILES string of the molecule is COC(=O)CC[C@@]1(C)C=CCCC1. The van der Waals surface area contributed by atoms with Crippen LogP contribution in [-0.2, 0) is 9.53 Å². The molecule has 0 aromatic carbocycles. The maximum absolute atomic E-state index is 11.0. The Morgan fingerprint density at radius 2 is 2.38 bits per heavy atom. The van der Waals surface area contributed by atoms with Crippen LogP contribution in [0.5, 0.6) is 0 Å². The predicted molar refractivity (Wildman–Crippen MR) is 52.3 cm³/mol. The van der Waals surface area contributed by atoms with E-state index in [4.69, 9.17) is 0 Å². The van der Waals surface area contributed by atoms with E-state index in [0.717, 1.165) is 6.42 Å². The van der Waals surface area contributed by atoms with Gasteiger partial charge in [0.15, 0.2) is 0 Å². The quantitative estimate of drug-likeness (QED) is 0.495. The lowest BCUT2D eigenvalue weighted by Gasteiger charge is -2.28. The zero-order chi connectivity index (χ0) is 9.73. The minimum Gasteiger partial charge on any atom is -0.469 e. The largest absolute Gasteiger partial charge is 0.469 e. The topological polar surface area (TPSA) is 26.3 Å². The van der Waals surface area contributed by atoms with Crippen molar-refractivity contribution in [2.45, 2.75) is 39.0 Å². The summed E-state index contributed by atoms with van der Waals surface area (Å²) in [7, 11) is 1.45. The minimum atomic E-state index is -0.0970. The average molecular weight is 182 g/mol. The molecule has 1 atom stereocenters. The zero-order valence-corrected chi connectivity index (χ0v) is 8.51. The van der Waals surface area contributed by atoms with Crippen molar-refractivity contribution in [1.82, 2.24) is 0 Å². The van der Waals surface area contributed by atoms with Crippen molar-refractivity contribution in [3.05, 3.63) is 12.2 Å². The third-order valence-corrected chi connectivity index (χ3v) is 2.77. The maximum Gasteiger partial charge on any atom is 0.305 e. The lowest BCUT2D eigenvalue weighted by molar-refractivity contribution is -0.141. The summed E-state index contributed by atoms with van der Waals surface area (Å²) in [5, 5.41) is 0. The summed E-state index contributed by atoms with van der Waals surface area (Å²) in [6.45, 7) is 2.21. The van der Waals surface area contributed by atoms with Gasteiger partial charge in [-0.2, -0.15) is 0 Å². The summed E-state index contributed by atoms with van der Waals surface area (Å²) in [5.41, 5.74) is 0.229. The van der Waals surface area contributed by atoms with Crippen LogP contribution in [0.2, 0.25) is 0 Å². The Balaban J connectivity index is 2.38. The number of methoxy groups -OCH3 is 1. The highest BCUT2D eigenvalue weighted by Gasteiger charge is 2.23. The Bertz CT molecular complexity index is 208. The molecule has 0 heterocycles. The molecule has 0 bridgehead atoms. The molecule has 0 saturated carbocycles. The summed E-state index contributed by atoms with van der Waals surface area (Å²) in [5.74, 6) is -0.0970. The van der Waals surface area contributed by atoms with E-state index in [0.29, 0.717) is 6.42 Å². The molecule has 0 aliphatic heterocycles. The number of carbonyl (C=O) groups is 1. The number of allylic oxidation sites excluding steroid dienone is 2. The second kappa shape index (κ2) is 4.45. The molecule has 2 heteroatoms. The number of carbonyl (C=O) groups excluding carboxylic acids is 1. The van der Waals surface area contributed by atoms with Crippen molar-refractivity contribution in [2.75, 3.05) is 7.11 Å². The predicted octanol–water partition coefficient (Wildman–Crippen LogP) is 2.69. The Labute approximate surface area is 80.0 Å². The van der Waals surface area contributed by atoms with E-state index < -0.39 is 0 Å². The number of rotatable bonds is 3. The standard InChI is InChI=1S/C11H18O2/c1-11(7-4-3-5-8-11)9-6-10(12)13-2/h4,7H,3,5-6,8-9H2,1-2H3/t11-/m0/s1. The van der Waals surface area contributed by atoms with Crippen LogP contribution in [0, 0.1) is 5.41 Å². The lowest BCUT2D eigenvalue weighted by Crippen LogP contribution is -2.17. The van der Waals surface area contributed by atoms with E-state index in [-0.39, 0.29) is 11.4 Å². The molecular weight excluding hydrogens is 164 g/mol. The normalized spacial score (nSPS) is 27.2. The third-order valence-electron chi connectivity index (χ3n) is 2.77. The Hall–Kier alpha value is -0.790. The van der Waals surface area contributed by atoms with Gasteiger partial charge >= 0.3 is 5.97 Å².